The zero-order chi connectivity index (χ0) is 16.2. The summed E-state index contributed by atoms with van der Waals surface area (Å²) in [5, 5.41) is 12.3. The molecule has 1 saturated heterocycles. The number of aromatic nitrogens is 1. The van der Waals surface area contributed by atoms with Crippen molar-refractivity contribution in [2.45, 2.75) is 31.8 Å². The molecule has 0 aliphatic carbocycles. The molecule has 0 saturated carbocycles. The van der Waals surface area contributed by atoms with Gasteiger partial charge < -0.3 is 9.84 Å². The standard InChI is InChI=1S/C17H20N2O3S/c1-22-14-6-4-5-12(9-14)16-18-13(11-23-16)10-19-8-3-2-7-15(19)17(20)21/h4-6,9,11,15H,2-3,7-8,10H2,1H3,(H,20,21). The molecule has 1 aliphatic rings. The first kappa shape index (κ1) is 16.0. The number of hydrogen-bond donors (Lipinski definition) is 1. The van der Waals surface area contributed by atoms with Crippen molar-refractivity contribution in [3.63, 3.8) is 0 Å². The van der Waals surface area contributed by atoms with Gasteiger partial charge in [-0.3, -0.25) is 9.69 Å². The summed E-state index contributed by atoms with van der Waals surface area (Å²) in [5.74, 6) is 0.0779. The molecule has 1 fully saturated rings. The van der Waals surface area contributed by atoms with Gasteiger partial charge in [0.1, 0.15) is 16.8 Å². The lowest BCUT2D eigenvalue weighted by Crippen LogP contribution is -2.44. The minimum atomic E-state index is -0.729. The van der Waals surface area contributed by atoms with E-state index < -0.39 is 5.97 Å². The maximum atomic E-state index is 11.4. The molecular formula is C17H20N2O3S. The average Bonchev–Trinajstić information content (AvgIpc) is 3.04. The van der Waals surface area contributed by atoms with Crippen LogP contribution in [-0.2, 0) is 11.3 Å². The molecule has 0 spiro atoms. The second-order valence-electron chi connectivity index (χ2n) is 5.70. The fourth-order valence-electron chi connectivity index (χ4n) is 2.94. The first-order valence-electron chi connectivity index (χ1n) is 7.73. The van der Waals surface area contributed by atoms with Crippen LogP contribution in [0.1, 0.15) is 25.0 Å². The monoisotopic (exact) mass is 332 g/mol. The molecule has 1 atom stereocenters. The summed E-state index contributed by atoms with van der Waals surface area (Å²) in [7, 11) is 1.65. The van der Waals surface area contributed by atoms with Gasteiger partial charge in [-0.05, 0) is 31.5 Å². The molecular weight excluding hydrogens is 312 g/mol. The third-order valence-electron chi connectivity index (χ3n) is 4.13. The van der Waals surface area contributed by atoms with Crippen LogP contribution in [-0.4, -0.2) is 40.7 Å². The maximum Gasteiger partial charge on any atom is 0.320 e. The molecule has 23 heavy (non-hydrogen) atoms. The van der Waals surface area contributed by atoms with Gasteiger partial charge in [0.2, 0.25) is 0 Å². The summed E-state index contributed by atoms with van der Waals surface area (Å²) in [6.45, 7) is 1.42. The Balaban J connectivity index is 1.75. The van der Waals surface area contributed by atoms with Crippen LogP contribution < -0.4 is 4.74 Å². The summed E-state index contributed by atoms with van der Waals surface area (Å²) >= 11 is 1.58. The highest BCUT2D eigenvalue weighted by Crippen LogP contribution is 2.28. The topological polar surface area (TPSA) is 62.7 Å². The van der Waals surface area contributed by atoms with E-state index in [1.165, 1.54) is 0 Å². The van der Waals surface area contributed by atoms with Gasteiger partial charge in [0.05, 0.1) is 12.8 Å². The van der Waals surface area contributed by atoms with E-state index in [0.717, 1.165) is 47.8 Å². The van der Waals surface area contributed by atoms with Crippen molar-refractivity contribution in [1.29, 1.82) is 0 Å². The van der Waals surface area contributed by atoms with Crippen LogP contribution in [0.4, 0.5) is 0 Å². The summed E-state index contributed by atoms with van der Waals surface area (Å²) < 4.78 is 5.25. The smallest absolute Gasteiger partial charge is 0.320 e. The van der Waals surface area contributed by atoms with E-state index in [1.807, 2.05) is 34.5 Å². The lowest BCUT2D eigenvalue weighted by atomic mass is 10.0. The lowest BCUT2D eigenvalue weighted by molar-refractivity contribution is -0.144. The van der Waals surface area contributed by atoms with E-state index in [-0.39, 0.29) is 6.04 Å². The number of piperidine rings is 1. The second-order valence-corrected chi connectivity index (χ2v) is 6.55. The van der Waals surface area contributed by atoms with Gasteiger partial charge in [-0.25, -0.2) is 4.98 Å². The maximum absolute atomic E-state index is 11.4. The molecule has 1 unspecified atom stereocenters. The molecule has 0 bridgehead atoms. The normalized spacial score (nSPS) is 18.7. The highest BCUT2D eigenvalue weighted by molar-refractivity contribution is 7.13. The Labute approximate surface area is 139 Å². The Hall–Kier alpha value is -1.92. The summed E-state index contributed by atoms with van der Waals surface area (Å²) in [6, 6.07) is 7.44. The third-order valence-corrected chi connectivity index (χ3v) is 5.07. The number of likely N-dealkylation sites (tertiary alicyclic amines) is 1. The van der Waals surface area contributed by atoms with Crippen LogP contribution in [0.2, 0.25) is 0 Å². The largest absolute Gasteiger partial charge is 0.497 e. The molecule has 1 N–H and O–H groups in total. The van der Waals surface area contributed by atoms with Gasteiger partial charge >= 0.3 is 5.97 Å². The van der Waals surface area contributed by atoms with Crippen molar-refractivity contribution in [2.24, 2.45) is 0 Å². The molecule has 0 radical (unpaired) electrons. The van der Waals surface area contributed by atoms with Crippen molar-refractivity contribution in [2.75, 3.05) is 13.7 Å². The minimum absolute atomic E-state index is 0.384. The number of nitrogens with zero attached hydrogens (tertiary/aromatic N) is 2. The molecule has 2 heterocycles. The number of ether oxygens (including phenoxy) is 1. The van der Waals surface area contributed by atoms with Gasteiger partial charge in [-0.2, -0.15) is 0 Å². The van der Waals surface area contributed by atoms with Gasteiger partial charge in [0.15, 0.2) is 0 Å². The van der Waals surface area contributed by atoms with Crippen LogP contribution in [0.3, 0.4) is 0 Å². The predicted octanol–water partition coefficient (Wildman–Crippen LogP) is 3.26. The van der Waals surface area contributed by atoms with Crippen molar-refractivity contribution < 1.29 is 14.6 Å². The van der Waals surface area contributed by atoms with Crippen molar-refractivity contribution in [1.82, 2.24) is 9.88 Å². The van der Waals surface area contributed by atoms with Crippen LogP contribution in [0.25, 0.3) is 10.6 Å². The van der Waals surface area contributed by atoms with E-state index in [9.17, 15) is 9.90 Å². The fourth-order valence-corrected chi connectivity index (χ4v) is 3.74. The van der Waals surface area contributed by atoms with Gasteiger partial charge in [0.25, 0.3) is 0 Å². The van der Waals surface area contributed by atoms with E-state index in [2.05, 4.69) is 4.98 Å². The second kappa shape index (κ2) is 7.10. The quantitative estimate of drug-likeness (QED) is 0.910. The number of aliphatic carboxylic acids is 1. The van der Waals surface area contributed by atoms with E-state index in [1.54, 1.807) is 18.4 Å². The van der Waals surface area contributed by atoms with E-state index in [4.69, 9.17) is 4.74 Å². The number of carboxylic acids is 1. The minimum Gasteiger partial charge on any atom is -0.497 e. The molecule has 1 aliphatic heterocycles. The lowest BCUT2D eigenvalue weighted by Gasteiger charge is -2.32. The van der Waals surface area contributed by atoms with E-state index in [0.29, 0.717) is 6.54 Å². The first-order chi connectivity index (χ1) is 11.2. The number of carbonyl (C=O) groups is 1. The van der Waals surface area contributed by atoms with Gasteiger partial charge in [-0.1, -0.05) is 18.6 Å². The number of hydrogen-bond acceptors (Lipinski definition) is 5. The zero-order valence-electron chi connectivity index (χ0n) is 13.1. The Morgan fingerprint density at radius 2 is 2.35 bits per heavy atom. The number of benzene rings is 1. The van der Waals surface area contributed by atoms with Crippen molar-refractivity contribution in [3.8, 4) is 16.3 Å². The Morgan fingerprint density at radius 1 is 1.48 bits per heavy atom. The zero-order valence-corrected chi connectivity index (χ0v) is 13.9. The molecule has 1 aromatic carbocycles. The highest BCUT2D eigenvalue weighted by atomic mass is 32.1. The summed E-state index contributed by atoms with van der Waals surface area (Å²) in [4.78, 5) is 18.1. The third kappa shape index (κ3) is 3.71. The van der Waals surface area contributed by atoms with Crippen LogP contribution in [0, 0.1) is 0 Å². The van der Waals surface area contributed by atoms with Crippen molar-refractivity contribution >= 4 is 17.3 Å². The average molecular weight is 332 g/mol. The SMILES string of the molecule is COc1cccc(-c2nc(CN3CCCCC3C(=O)O)cs2)c1. The van der Waals surface area contributed by atoms with Crippen LogP contribution in [0.5, 0.6) is 5.75 Å². The van der Waals surface area contributed by atoms with Crippen molar-refractivity contribution in [3.05, 3.63) is 35.3 Å². The molecule has 0 amide bonds. The first-order valence-corrected chi connectivity index (χ1v) is 8.61. The molecule has 2 aromatic rings. The fraction of sp³-hybridized carbons (Fsp3) is 0.412. The Morgan fingerprint density at radius 3 is 3.13 bits per heavy atom. The Kier molecular flexibility index (Phi) is 4.93. The Bertz CT molecular complexity index is 686. The number of rotatable bonds is 5. The van der Waals surface area contributed by atoms with Crippen LogP contribution >= 0.6 is 11.3 Å². The summed E-state index contributed by atoms with van der Waals surface area (Å²) in [6.07, 6.45) is 2.76. The molecule has 3 rings (SSSR count). The molecule has 5 nitrogen and oxygen atoms in total. The number of thiazole rings is 1. The number of carboxylic acid groups (broad SMARTS) is 1. The highest BCUT2D eigenvalue weighted by Gasteiger charge is 2.28. The number of methoxy groups -OCH3 is 1. The van der Waals surface area contributed by atoms with Gasteiger partial charge in [0, 0.05) is 17.5 Å². The van der Waals surface area contributed by atoms with Crippen LogP contribution in [0.15, 0.2) is 29.6 Å². The predicted molar refractivity (Wildman–Crippen MR) is 89.8 cm³/mol. The van der Waals surface area contributed by atoms with E-state index >= 15 is 0 Å². The molecule has 6 heteroatoms. The van der Waals surface area contributed by atoms with Gasteiger partial charge in [-0.15, -0.1) is 11.3 Å². The summed E-state index contributed by atoms with van der Waals surface area (Å²) in [5.41, 5.74) is 1.95. The molecule has 122 valence electrons. The molecule has 1 aromatic heterocycles.